The van der Waals surface area contributed by atoms with Gasteiger partial charge in [-0.05, 0) is 37.5 Å². The minimum Gasteiger partial charge on any atom is -0.382 e. The number of hydrogen-bond donors (Lipinski definition) is 2. The number of hydrogen-bond acceptors (Lipinski definition) is 5. The number of rotatable bonds is 4. The number of alkyl halides is 5. The Hall–Kier alpha value is -3.55. The zero-order chi connectivity index (χ0) is 27.6. The van der Waals surface area contributed by atoms with Crippen LogP contribution < -0.4 is 11.1 Å². The van der Waals surface area contributed by atoms with Crippen LogP contribution in [0.25, 0.3) is 16.8 Å². The van der Waals surface area contributed by atoms with Crippen LogP contribution in [0, 0.1) is 5.82 Å². The van der Waals surface area contributed by atoms with Crippen molar-refractivity contribution in [2.75, 3.05) is 18.8 Å². The molecule has 1 aromatic carbocycles. The fourth-order valence-corrected chi connectivity index (χ4v) is 4.94. The second-order valence-corrected chi connectivity index (χ2v) is 9.69. The van der Waals surface area contributed by atoms with E-state index in [-0.39, 0.29) is 35.7 Å². The van der Waals surface area contributed by atoms with E-state index in [1.165, 1.54) is 0 Å². The van der Waals surface area contributed by atoms with E-state index in [9.17, 15) is 35.9 Å². The van der Waals surface area contributed by atoms with Gasteiger partial charge >= 0.3 is 6.18 Å². The molecule has 5 rings (SSSR count). The summed E-state index contributed by atoms with van der Waals surface area (Å²) in [6, 6.07) is 1.06. The number of benzene rings is 1. The van der Waals surface area contributed by atoms with E-state index >= 15 is 0 Å². The highest BCUT2D eigenvalue weighted by Crippen LogP contribution is 2.41. The van der Waals surface area contributed by atoms with Crippen molar-refractivity contribution in [2.24, 2.45) is 0 Å². The van der Waals surface area contributed by atoms with Crippen LogP contribution in [0.2, 0.25) is 5.02 Å². The van der Waals surface area contributed by atoms with Crippen LogP contribution >= 0.6 is 11.6 Å². The topological polar surface area (TPSA) is 106 Å². The molecule has 2 amide bonds. The summed E-state index contributed by atoms with van der Waals surface area (Å²) < 4.78 is 85.8. The highest BCUT2D eigenvalue weighted by Gasteiger charge is 2.50. The molecule has 1 saturated heterocycles. The Balaban J connectivity index is 1.46. The lowest BCUT2D eigenvalue weighted by atomic mass is 9.81. The maximum absolute atomic E-state index is 14.8. The maximum Gasteiger partial charge on any atom is 0.418 e. The molecular weight excluding hydrogens is 542 g/mol. The monoisotopic (exact) mass is 560 g/mol. The Morgan fingerprint density at radius 2 is 1.89 bits per heavy atom. The van der Waals surface area contributed by atoms with Gasteiger partial charge in [0.1, 0.15) is 23.8 Å². The van der Waals surface area contributed by atoms with Crippen LogP contribution in [0.5, 0.6) is 0 Å². The van der Waals surface area contributed by atoms with Crippen LogP contribution in [0.4, 0.5) is 32.2 Å². The molecule has 3 N–H and O–H groups in total. The zero-order valence-corrected chi connectivity index (χ0v) is 20.1. The van der Waals surface area contributed by atoms with Gasteiger partial charge in [0.2, 0.25) is 0 Å². The molecule has 0 radical (unpaired) electrons. The summed E-state index contributed by atoms with van der Waals surface area (Å²) in [5, 5.41) is 5.75. The first-order chi connectivity index (χ1) is 17.8. The van der Waals surface area contributed by atoms with Crippen molar-refractivity contribution in [2.45, 2.75) is 43.3 Å². The molecule has 0 unspecified atom stereocenters. The lowest BCUT2D eigenvalue weighted by molar-refractivity contribution is -0.149. The normalized spacial score (nSPS) is 21.0. The standard InChI is InChI=1S/C23H19ClF6N6O2/c24-13-6-14(25)11(20(37)34-16-8-35(7-15(16)26)21(38)22(27)2-1-3-22)4-10(13)17-5-12(23(28,29)30)18-19(31)32-9-33-36(17)18/h4-6,9,15-16H,1-3,7-8H2,(H,34,37)(H2,31,32,33)/t15-,16+/m0/s1. The molecule has 0 bridgehead atoms. The second kappa shape index (κ2) is 9.03. The van der Waals surface area contributed by atoms with E-state index in [2.05, 4.69) is 15.4 Å². The number of carbonyl (C=O) groups is 2. The molecule has 3 aromatic rings. The lowest BCUT2D eigenvalue weighted by Crippen LogP contribution is -2.50. The summed E-state index contributed by atoms with van der Waals surface area (Å²) in [6.45, 7) is -0.769. The van der Waals surface area contributed by atoms with Crippen LogP contribution in [0.1, 0.15) is 35.2 Å². The average molecular weight is 561 g/mol. The smallest absolute Gasteiger partial charge is 0.382 e. The second-order valence-electron chi connectivity index (χ2n) is 9.28. The predicted octanol–water partition coefficient (Wildman–Crippen LogP) is 3.96. The molecule has 8 nitrogen and oxygen atoms in total. The molecule has 1 aliphatic carbocycles. The van der Waals surface area contributed by atoms with Gasteiger partial charge in [0, 0.05) is 12.1 Å². The van der Waals surface area contributed by atoms with E-state index in [1.807, 2.05) is 0 Å². The quantitative estimate of drug-likeness (QED) is 0.470. The number of fused-ring (bicyclic) bond motifs is 1. The minimum atomic E-state index is -4.85. The maximum atomic E-state index is 14.8. The van der Waals surface area contributed by atoms with E-state index in [0.29, 0.717) is 12.5 Å². The summed E-state index contributed by atoms with van der Waals surface area (Å²) in [5.74, 6) is -3.56. The molecule has 0 spiro atoms. The van der Waals surface area contributed by atoms with Gasteiger partial charge in [-0.1, -0.05) is 11.6 Å². The van der Waals surface area contributed by atoms with Gasteiger partial charge in [0.05, 0.1) is 34.4 Å². The molecular formula is C23H19ClF6N6O2. The number of nitrogens with zero attached hydrogens (tertiary/aromatic N) is 4. The van der Waals surface area contributed by atoms with Crippen molar-refractivity contribution in [3.8, 4) is 11.3 Å². The first-order valence-corrected chi connectivity index (χ1v) is 11.8. The third kappa shape index (κ3) is 4.29. The Labute approximate surface area is 215 Å². The van der Waals surface area contributed by atoms with Gasteiger partial charge in [-0.3, -0.25) is 9.59 Å². The zero-order valence-electron chi connectivity index (χ0n) is 19.3. The Morgan fingerprint density at radius 3 is 2.53 bits per heavy atom. The van der Waals surface area contributed by atoms with E-state index < -0.39 is 70.7 Å². The summed E-state index contributed by atoms with van der Waals surface area (Å²) in [5.41, 5.74) is 0.777. The van der Waals surface area contributed by atoms with E-state index in [4.69, 9.17) is 17.3 Å². The van der Waals surface area contributed by atoms with Crippen molar-refractivity contribution >= 4 is 34.7 Å². The molecule has 2 aromatic heterocycles. The van der Waals surface area contributed by atoms with Gasteiger partial charge in [0.15, 0.2) is 11.5 Å². The average Bonchev–Trinajstić information content (AvgIpc) is 3.39. The highest BCUT2D eigenvalue weighted by molar-refractivity contribution is 6.33. The molecule has 1 saturated carbocycles. The summed E-state index contributed by atoms with van der Waals surface area (Å²) in [7, 11) is 0. The molecule has 3 heterocycles. The van der Waals surface area contributed by atoms with Crippen LogP contribution in [0.15, 0.2) is 24.5 Å². The van der Waals surface area contributed by atoms with Crippen LogP contribution in [-0.2, 0) is 11.0 Å². The van der Waals surface area contributed by atoms with Crippen molar-refractivity contribution in [1.29, 1.82) is 0 Å². The number of nitrogens with one attached hydrogen (secondary N) is 1. The number of amides is 2. The summed E-state index contributed by atoms with van der Waals surface area (Å²) in [6.07, 6.45) is -5.07. The molecule has 1 aliphatic heterocycles. The number of likely N-dealkylation sites (tertiary alicyclic amines) is 1. The third-order valence-corrected chi connectivity index (χ3v) is 7.16. The molecule has 2 atom stereocenters. The van der Waals surface area contributed by atoms with Crippen molar-refractivity contribution < 1.29 is 35.9 Å². The fourth-order valence-electron chi connectivity index (χ4n) is 4.69. The summed E-state index contributed by atoms with van der Waals surface area (Å²) in [4.78, 5) is 29.9. The molecule has 38 heavy (non-hydrogen) atoms. The third-order valence-electron chi connectivity index (χ3n) is 6.85. The molecule has 2 fully saturated rings. The number of anilines is 1. The fraction of sp³-hybridized carbons (Fsp3) is 0.391. The first-order valence-electron chi connectivity index (χ1n) is 11.4. The summed E-state index contributed by atoms with van der Waals surface area (Å²) >= 11 is 6.13. The van der Waals surface area contributed by atoms with Gasteiger partial charge < -0.3 is 16.0 Å². The number of carbonyl (C=O) groups excluding carboxylic acids is 2. The predicted molar refractivity (Wildman–Crippen MR) is 123 cm³/mol. The highest BCUT2D eigenvalue weighted by atomic mass is 35.5. The Morgan fingerprint density at radius 1 is 1.18 bits per heavy atom. The molecule has 2 aliphatic rings. The Bertz CT molecular complexity index is 1460. The van der Waals surface area contributed by atoms with Crippen molar-refractivity contribution in [3.05, 3.63) is 46.5 Å². The first kappa shape index (κ1) is 26.1. The van der Waals surface area contributed by atoms with E-state index in [0.717, 1.165) is 27.9 Å². The molecule has 202 valence electrons. The number of halogens is 7. The van der Waals surface area contributed by atoms with Gasteiger partial charge in [0.25, 0.3) is 11.8 Å². The number of aromatic nitrogens is 3. The van der Waals surface area contributed by atoms with Crippen LogP contribution in [0.3, 0.4) is 0 Å². The SMILES string of the molecule is Nc1ncnn2c(-c3cc(C(=O)N[C@@H]4CN(C(=O)C5(F)CCC5)C[C@@H]4F)c(F)cc3Cl)cc(C(F)(F)F)c12. The van der Waals surface area contributed by atoms with E-state index in [1.54, 1.807) is 0 Å². The number of nitrogen functional groups attached to an aromatic ring is 1. The number of nitrogens with two attached hydrogens (primary N) is 1. The van der Waals surface area contributed by atoms with Gasteiger partial charge in [-0.2, -0.15) is 18.3 Å². The Kier molecular flexibility index (Phi) is 6.20. The minimum absolute atomic E-state index is 0.0378. The van der Waals surface area contributed by atoms with Crippen molar-refractivity contribution in [1.82, 2.24) is 24.8 Å². The van der Waals surface area contributed by atoms with Gasteiger partial charge in [-0.25, -0.2) is 22.7 Å². The van der Waals surface area contributed by atoms with Crippen molar-refractivity contribution in [3.63, 3.8) is 0 Å². The van der Waals surface area contributed by atoms with Gasteiger partial charge in [-0.15, -0.1) is 0 Å². The molecule has 15 heteroatoms. The lowest BCUT2D eigenvalue weighted by Gasteiger charge is -2.35. The van der Waals surface area contributed by atoms with Crippen LogP contribution in [-0.4, -0.2) is 62.3 Å². The largest absolute Gasteiger partial charge is 0.418 e.